The number of carbonyl (C=O) groups is 1. The second-order valence-electron chi connectivity index (χ2n) is 5.75. The van der Waals surface area contributed by atoms with E-state index in [4.69, 9.17) is 5.73 Å². The van der Waals surface area contributed by atoms with E-state index in [0.29, 0.717) is 12.1 Å². The molecule has 0 aromatic heterocycles. The standard InChI is InChI=1S/C18H24N2O/c1-14-8-9-16(7-4-11-19)17(13-14)18(21)20-12-10-15-5-2-3-6-15/h8-9,13,15H,2-3,5-6,10-12,19H2,1H3,(H,20,21). The van der Waals surface area contributed by atoms with Gasteiger partial charge in [0.15, 0.2) is 0 Å². The molecule has 2 rings (SSSR count). The van der Waals surface area contributed by atoms with Gasteiger partial charge in [0, 0.05) is 12.1 Å². The molecule has 21 heavy (non-hydrogen) atoms. The molecule has 1 saturated carbocycles. The Morgan fingerprint density at radius 3 is 2.86 bits per heavy atom. The summed E-state index contributed by atoms with van der Waals surface area (Å²) >= 11 is 0. The fourth-order valence-electron chi connectivity index (χ4n) is 2.89. The summed E-state index contributed by atoms with van der Waals surface area (Å²) in [5.74, 6) is 6.56. The van der Waals surface area contributed by atoms with Crippen LogP contribution >= 0.6 is 0 Å². The van der Waals surface area contributed by atoms with Gasteiger partial charge in [-0.2, -0.15) is 0 Å². The van der Waals surface area contributed by atoms with E-state index in [2.05, 4.69) is 17.2 Å². The number of hydrogen-bond donors (Lipinski definition) is 2. The van der Waals surface area contributed by atoms with Gasteiger partial charge in [0.1, 0.15) is 0 Å². The van der Waals surface area contributed by atoms with E-state index in [0.717, 1.165) is 30.0 Å². The average Bonchev–Trinajstić information content (AvgIpc) is 2.99. The molecule has 0 spiro atoms. The third kappa shape index (κ3) is 4.61. The number of nitrogens with two attached hydrogens (primary N) is 1. The fourth-order valence-corrected chi connectivity index (χ4v) is 2.89. The molecule has 0 heterocycles. The van der Waals surface area contributed by atoms with Crippen molar-refractivity contribution in [2.45, 2.75) is 39.0 Å². The zero-order valence-corrected chi connectivity index (χ0v) is 12.7. The minimum Gasteiger partial charge on any atom is -0.352 e. The van der Waals surface area contributed by atoms with Crippen molar-refractivity contribution in [2.75, 3.05) is 13.1 Å². The lowest BCUT2D eigenvalue weighted by atomic mass is 10.0. The summed E-state index contributed by atoms with van der Waals surface area (Å²) in [6, 6.07) is 5.76. The maximum absolute atomic E-state index is 12.3. The van der Waals surface area contributed by atoms with Crippen LogP contribution in [0.25, 0.3) is 0 Å². The molecule has 3 heteroatoms. The first-order valence-corrected chi connectivity index (χ1v) is 7.78. The number of benzene rings is 1. The number of carbonyl (C=O) groups excluding carboxylic acids is 1. The summed E-state index contributed by atoms with van der Waals surface area (Å²) in [5, 5.41) is 3.03. The molecule has 0 unspecified atom stereocenters. The molecule has 0 radical (unpaired) electrons. The van der Waals surface area contributed by atoms with Crippen LogP contribution in [-0.4, -0.2) is 19.0 Å². The summed E-state index contributed by atoms with van der Waals surface area (Å²) in [6.45, 7) is 3.03. The van der Waals surface area contributed by atoms with Crippen molar-refractivity contribution < 1.29 is 4.79 Å². The first kappa shape index (κ1) is 15.6. The molecule has 0 bridgehead atoms. The van der Waals surface area contributed by atoms with Crippen LogP contribution in [-0.2, 0) is 0 Å². The van der Waals surface area contributed by atoms with Crippen LogP contribution < -0.4 is 11.1 Å². The van der Waals surface area contributed by atoms with Crippen molar-refractivity contribution in [3.05, 3.63) is 34.9 Å². The Balaban J connectivity index is 1.98. The largest absolute Gasteiger partial charge is 0.352 e. The van der Waals surface area contributed by atoms with Crippen LogP contribution in [0.4, 0.5) is 0 Å². The molecule has 0 saturated heterocycles. The Bertz CT molecular complexity index is 548. The van der Waals surface area contributed by atoms with Crippen molar-refractivity contribution in [3.63, 3.8) is 0 Å². The molecule has 1 aliphatic rings. The summed E-state index contributed by atoms with van der Waals surface area (Å²) in [7, 11) is 0. The topological polar surface area (TPSA) is 55.1 Å². The van der Waals surface area contributed by atoms with Crippen LogP contribution in [0.5, 0.6) is 0 Å². The number of aryl methyl sites for hydroxylation is 1. The Hall–Kier alpha value is -1.79. The average molecular weight is 284 g/mol. The predicted octanol–water partition coefficient (Wildman–Crippen LogP) is 2.62. The molecule has 3 N–H and O–H groups in total. The van der Waals surface area contributed by atoms with Crippen molar-refractivity contribution in [1.82, 2.24) is 5.32 Å². The van der Waals surface area contributed by atoms with Crippen LogP contribution in [0.3, 0.4) is 0 Å². The lowest BCUT2D eigenvalue weighted by Gasteiger charge is -2.11. The highest BCUT2D eigenvalue weighted by atomic mass is 16.1. The first-order valence-electron chi connectivity index (χ1n) is 7.78. The van der Waals surface area contributed by atoms with E-state index in [1.807, 2.05) is 25.1 Å². The summed E-state index contributed by atoms with van der Waals surface area (Å²) in [5.41, 5.74) is 7.88. The molecule has 1 fully saturated rings. The minimum atomic E-state index is -0.0296. The van der Waals surface area contributed by atoms with Crippen LogP contribution in [0.2, 0.25) is 0 Å². The van der Waals surface area contributed by atoms with E-state index in [1.165, 1.54) is 25.7 Å². The Morgan fingerprint density at radius 1 is 1.38 bits per heavy atom. The lowest BCUT2D eigenvalue weighted by Crippen LogP contribution is -2.26. The number of amides is 1. The maximum Gasteiger partial charge on any atom is 0.252 e. The third-order valence-corrected chi connectivity index (χ3v) is 4.06. The second-order valence-corrected chi connectivity index (χ2v) is 5.75. The SMILES string of the molecule is Cc1ccc(C#CCN)c(C(=O)NCCC2CCCC2)c1. The fraction of sp³-hybridized carbons (Fsp3) is 0.500. The monoisotopic (exact) mass is 284 g/mol. The number of rotatable bonds is 4. The summed E-state index contributed by atoms with van der Waals surface area (Å²) < 4.78 is 0. The van der Waals surface area contributed by atoms with Gasteiger partial charge in [0.05, 0.1) is 12.1 Å². The van der Waals surface area contributed by atoms with Gasteiger partial charge in [-0.3, -0.25) is 4.79 Å². The van der Waals surface area contributed by atoms with E-state index < -0.39 is 0 Å². The zero-order valence-electron chi connectivity index (χ0n) is 12.7. The molecule has 1 aliphatic carbocycles. The second kappa shape index (κ2) is 7.85. The van der Waals surface area contributed by atoms with Gasteiger partial charge in [-0.1, -0.05) is 49.2 Å². The first-order chi connectivity index (χ1) is 10.2. The van der Waals surface area contributed by atoms with Gasteiger partial charge in [0.2, 0.25) is 0 Å². The summed E-state index contributed by atoms with van der Waals surface area (Å²) in [6.07, 6.45) is 6.40. The van der Waals surface area contributed by atoms with E-state index in [-0.39, 0.29) is 5.91 Å². The van der Waals surface area contributed by atoms with E-state index in [1.54, 1.807) is 0 Å². The van der Waals surface area contributed by atoms with Crippen molar-refractivity contribution in [1.29, 1.82) is 0 Å². The highest BCUT2D eigenvalue weighted by molar-refractivity contribution is 5.96. The summed E-state index contributed by atoms with van der Waals surface area (Å²) in [4.78, 5) is 12.3. The number of hydrogen-bond acceptors (Lipinski definition) is 2. The Morgan fingerprint density at radius 2 is 2.14 bits per heavy atom. The van der Waals surface area contributed by atoms with E-state index >= 15 is 0 Å². The Kier molecular flexibility index (Phi) is 5.83. The van der Waals surface area contributed by atoms with Gasteiger partial charge in [-0.05, 0) is 31.4 Å². The molecule has 1 amide bonds. The van der Waals surface area contributed by atoms with Crippen LogP contribution in [0.1, 0.15) is 53.6 Å². The van der Waals surface area contributed by atoms with Crippen LogP contribution in [0, 0.1) is 24.7 Å². The highest BCUT2D eigenvalue weighted by Gasteiger charge is 2.15. The molecule has 0 aliphatic heterocycles. The lowest BCUT2D eigenvalue weighted by molar-refractivity contribution is 0.0951. The maximum atomic E-state index is 12.3. The van der Waals surface area contributed by atoms with Gasteiger partial charge < -0.3 is 11.1 Å². The molecule has 1 aromatic rings. The molecule has 112 valence electrons. The van der Waals surface area contributed by atoms with E-state index in [9.17, 15) is 4.79 Å². The molecular formula is C18H24N2O. The minimum absolute atomic E-state index is 0.0296. The molecule has 3 nitrogen and oxygen atoms in total. The van der Waals surface area contributed by atoms with Crippen LogP contribution in [0.15, 0.2) is 18.2 Å². The third-order valence-electron chi connectivity index (χ3n) is 4.06. The predicted molar refractivity (Wildman–Crippen MR) is 86.0 cm³/mol. The highest BCUT2D eigenvalue weighted by Crippen LogP contribution is 2.26. The van der Waals surface area contributed by atoms with Gasteiger partial charge in [0.25, 0.3) is 5.91 Å². The van der Waals surface area contributed by atoms with Gasteiger partial charge >= 0.3 is 0 Å². The van der Waals surface area contributed by atoms with Gasteiger partial charge in [-0.15, -0.1) is 0 Å². The molecule has 0 atom stereocenters. The van der Waals surface area contributed by atoms with Crippen molar-refractivity contribution in [3.8, 4) is 11.8 Å². The molecular weight excluding hydrogens is 260 g/mol. The number of nitrogens with one attached hydrogen (secondary N) is 1. The van der Waals surface area contributed by atoms with Crippen molar-refractivity contribution in [2.24, 2.45) is 11.7 Å². The smallest absolute Gasteiger partial charge is 0.252 e. The molecule has 1 aromatic carbocycles. The van der Waals surface area contributed by atoms with Gasteiger partial charge in [-0.25, -0.2) is 0 Å². The Labute approximate surface area is 127 Å². The normalized spacial score (nSPS) is 14.6. The van der Waals surface area contributed by atoms with Crippen molar-refractivity contribution >= 4 is 5.91 Å². The quantitative estimate of drug-likeness (QED) is 0.835. The zero-order chi connectivity index (χ0) is 15.1.